The minimum absolute atomic E-state index is 0.329. The Bertz CT molecular complexity index is 403. The van der Waals surface area contributed by atoms with Crippen molar-refractivity contribution in [3.05, 3.63) is 23.8 Å². The first-order chi connectivity index (χ1) is 7.93. The summed E-state index contributed by atoms with van der Waals surface area (Å²) >= 11 is 0. The van der Waals surface area contributed by atoms with E-state index in [2.05, 4.69) is 17.1 Å². The molecular weight excluding hydrogens is 216 g/mol. The molecule has 1 rings (SSSR count). The smallest absolute Gasteiger partial charge is 0.250 e. The molecule has 0 spiro atoms. The van der Waals surface area contributed by atoms with E-state index in [1.807, 2.05) is 14.1 Å². The van der Waals surface area contributed by atoms with Gasteiger partial charge in [-0.3, -0.25) is 4.79 Å². The van der Waals surface area contributed by atoms with Crippen LogP contribution in [0.25, 0.3) is 0 Å². The Morgan fingerprint density at radius 2 is 2.12 bits per heavy atom. The molecule has 0 saturated heterocycles. The minimum Gasteiger partial charge on any atom is -0.397 e. The molecular formula is C12H20N4O. The topological polar surface area (TPSA) is 84.4 Å². The van der Waals surface area contributed by atoms with E-state index in [0.29, 0.717) is 29.5 Å². The third kappa shape index (κ3) is 3.35. The third-order valence-corrected chi connectivity index (χ3v) is 2.82. The zero-order chi connectivity index (χ0) is 13.0. The maximum Gasteiger partial charge on any atom is 0.250 e. The maximum atomic E-state index is 11.3. The fraction of sp³-hybridized carbons (Fsp3) is 0.417. The Kier molecular flexibility index (Phi) is 4.34. The number of hydrogen-bond donors (Lipinski definition) is 3. The first-order valence-corrected chi connectivity index (χ1v) is 5.52. The normalized spacial score (nSPS) is 12.5. The van der Waals surface area contributed by atoms with Gasteiger partial charge in [0.05, 0.1) is 16.9 Å². The summed E-state index contributed by atoms with van der Waals surface area (Å²) in [5, 5.41) is 3.18. The predicted octanol–water partition coefficient (Wildman–Crippen LogP) is 0.730. The van der Waals surface area contributed by atoms with Crippen LogP contribution < -0.4 is 16.8 Å². The molecule has 0 aliphatic carbocycles. The van der Waals surface area contributed by atoms with Crippen molar-refractivity contribution in [2.24, 2.45) is 5.73 Å². The highest BCUT2D eigenvalue weighted by Gasteiger charge is 2.12. The molecule has 0 aliphatic heterocycles. The summed E-state index contributed by atoms with van der Waals surface area (Å²) in [7, 11) is 3.99. The van der Waals surface area contributed by atoms with E-state index in [-0.39, 0.29) is 0 Å². The quantitative estimate of drug-likeness (QED) is 0.658. The molecule has 1 aromatic carbocycles. The largest absolute Gasteiger partial charge is 0.397 e. The van der Waals surface area contributed by atoms with Crippen molar-refractivity contribution in [3.63, 3.8) is 0 Å². The van der Waals surface area contributed by atoms with E-state index in [9.17, 15) is 4.79 Å². The zero-order valence-corrected chi connectivity index (χ0v) is 10.5. The first kappa shape index (κ1) is 13.3. The molecule has 94 valence electrons. The minimum atomic E-state index is -0.475. The number of para-hydroxylation sites is 1. The lowest BCUT2D eigenvalue weighted by molar-refractivity contribution is 0.100. The van der Waals surface area contributed by atoms with Gasteiger partial charge in [0.2, 0.25) is 0 Å². The number of carbonyl (C=O) groups is 1. The van der Waals surface area contributed by atoms with Gasteiger partial charge in [-0.2, -0.15) is 0 Å². The van der Waals surface area contributed by atoms with Crippen molar-refractivity contribution in [1.82, 2.24) is 4.90 Å². The number of anilines is 2. The highest BCUT2D eigenvalue weighted by molar-refractivity contribution is 6.01. The molecule has 1 aromatic rings. The lowest BCUT2D eigenvalue weighted by atomic mass is 10.1. The van der Waals surface area contributed by atoms with Crippen molar-refractivity contribution in [1.29, 1.82) is 0 Å². The first-order valence-electron chi connectivity index (χ1n) is 5.52. The summed E-state index contributed by atoms with van der Waals surface area (Å²) in [4.78, 5) is 13.3. The lowest BCUT2D eigenvalue weighted by Crippen LogP contribution is -2.32. The van der Waals surface area contributed by atoms with E-state index in [0.717, 1.165) is 0 Å². The highest BCUT2D eigenvalue weighted by Crippen LogP contribution is 2.23. The molecule has 0 saturated carbocycles. The number of rotatable bonds is 5. The van der Waals surface area contributed by atoms with Gasteiger partial charge in [-0.15, -0.1) is 0 Å². The Morgan fingerprint density at radius 1 is 1.47 bits per heavy atom. The number of benzene rings is 1. The number of nitrogens with one attached hydrogen (secondary N) is 1. The second-order valence-electron chi connectivity index (χ2n) is 4.33. The van der Waals surface area contributed by atoms with Crippen molar-refractivity contribution in [2.45, 2.75) is 13.0 Å². The summed E-state index contributed by atoms with van der Waals surface area (Å²) in [5.74, 6) is -0.475. The second kappa shape index (κ2) is 5.54. The molecule has 0 aliphatic rings. The molecule has 0 radical (unpaired) electrons. The Hall–Kier alpha value is -1.75. The van der Waals surface area contributed by atoms with Crippen LogP contribution in [0.2, 0.25) is 0 Å². The van der Waals surface area contributed by atoms with E-state index < -0.39 is 5.91 Å². The molecule has 17 heavy (non-hydrogen) atoms. The van der Waals surface area contributed by atoms with Gasteiger partial charge in [-0.25, -0.2) is 0 Å². The number of likely N-dealkylation sites (N-methyl/N-ethyl adjacent to an activating group) is 1. The molecule has 0 bridgehead atoms. The fourth-order valence-electron chi connectivity index (χ4n) is 1.41. The van der Waals surface area contributed by atoms with Crippen molar-refractivity contribution >= 4 is 17.3 Å². The van der Waals surface area contributed by atoms with Gasteiger partial charge in [0.15, 0.2) is 0 Å². The number of carbonyl (C=O) groups excluding carboxylic acids is 1. The molecule has 5 nitrogen and oxygen atoms in total. The number of hydrogen-bond acceptors (Lipinski definition) is 4. The fourth-order valence-corrected chi connectivity index (χ4v) is 1.41. The maximum absolute atomic E-state index is 11.3. The Balaban J connectivity index is 2.86. The van der Waals surface area contributed by atoms with Gasteiger partial charge in [0, 0.05) is 12.6 Å². The standard InChI is InChI=1S/C12H20N4O/c1-8(16(2)3)7-15-11-9(12(14)17)5-4-6-10(11)13/h4-6,8,15H,7,13H2,1-3H3,(H2,14,17). The molecule has 5 heteroatoms. The van der Waals surface area contributed by atoms with Gasteiger partial charge in [-0.05, 0) is 33.2 Å². The monoisotopic (exact) mass is 236 g/mol. The number of nitrogen functional groups attached to an aromatic ring is 1. The molecule has 1 unspecified atom stereocenters. The van der Waals surface area contributed by atoms with Crippen LogP contribution in [0.3, 0.4) is 0 Å². The van der Waals surface area contributed by atoms with Crippen LogP contribution in [0, 0.1) is 0 Å². The number of nitrogens with zero attached hydrogens (tertiary/aromatic N) is 1. The van der Waals surface area contributed by atoms with Crippen molar-refractivity contribution in [2.75, 3.05) is 31.7 Å². The lowest BCUT2D eigenvalue weighted by Gasteiger charge is -2.22. The summed E-state index contributed by atoms with van der Waals surface area (Å²) in [6.07, 6.45) is 0. The second-order valence-corrected chi connectivity index (χ2v) is 4.33. The highest BCUT2D eigenvalue weighted by atomic mass is 16.1. The van der Waals surface area contributed by atoms with Crippen LogP contribution in [0.4, 0.5) is 11.4 Å². The summed E-state index contributed by atoms with van der Waals surface area (Å²) < 4.78 is 0. The van der Waals surface area contributed by atoms with Crippen LogP contribution >= 0.6 is 0 Å². The number of amides is 1. The molecule has 0 fully saturated rings. The van der Waals surface area contributed by atoms with Gasteiger partial charge in [0.25, 0.3) is 5.91 Å². The van der Waals surface area contributed by atoms with E-state index in [1.165, 1.54) is 0 Å². The Morgan fingerprint density at radius 3 is 2.65 bits per heavy atom. The van der Waals surface area contributed by atoms with Crippen LogP contribution in [-0.4, -0.2) is 37.5 Å². The van der Waals surface area contributed by atoms with Gasteiger partial charge in [0.1, 0.15) is 0 Å². The van der Waals surface area contributed by atoms with Crippen molar-refractivity contribution in [3.8, 4) is 0 Å². The molecule has 1 amide bonds. The van der Waals surface area contributed by atoms with Gasteiger partial charge in [-0.1, -0.05) is 6.07 Å². The predicted molar refractivity (Wildman–Crippen MR) is 71.0 cm³/mol. The molecule has 1 atom stereocenters. The molecule has 0 heterocycles. The average molecular weight is 236 g/mol. The summed E-state index contributed by atoms with van der Waals surface area (Å²) in [5.41, 5.74) is 12.7. The summed E-state index contributed by atoms with van der Waals surface area (Å²) in [6, 6.07) is 5.46. The third-order valence-electron chi connectivity index (χ3n) is 2.82. The zero-order valence-electron chi connectivity index (χ0n) is 10.5. The van der Waals surface area contributed by atoms with Crippen molar-refractivity contribution < 1.29 is 4.79 Å². The Labute approximate surface area is 102 Å². The number of nitrogens with two attached hydrogens (primary N) is 2. The van der Waals surface area contributed by atoms with Crippen LogP contribution in [-0.2, 0) is 0 Å². The SMILES string of the molecule is CC(CNc1c(N)cccc1C(N)=O)N(C)C. The molecule has 0 aromatic heterocycles. The number of primary amides is 1. The van der Waals surface area contributed by atoms with E-state index in [1.54, 1.807) is 18.2 Å². The average Bonchev–Trinajstić information content (AvgIpc) is 2.26. The van der Waals surface area contributed by atoms with Gasteiger partial charge < -0.3 is 21.7 Å². The molecule has 5 N–H and O–H groups in total. The van der Waals surface area contributed by atoms with Gasteiger partial charge >= 0.3 is 0 Å². The van der Waals surface area contributed by atoms with Crippen LogP contribution in [0.5, 0.6) is 0 Å². The van der Waals surface area contributed by atoms with Crippen LogP contribution in [0.15, 0.2) is 18.2 Å². The van der Waals surface area contributed by atoms with Crippen LogP contribution in [0.1, 0.15) is 17.3 Å². The van der Waals surface area contributed by atoms with E-state index in [4.69, 9.17) is 11.5 Å². The van der Waals surface area contributed by atoms with E-state index >= 15 is 0 Å². The summed E-state index contributed by atoms with van der Waals surface area (Å²) in [6.45, 7) is 2.78.